The molecular weight excluding hydrogens is 434 g/mol. The Morgan fingerprint density at radius 3 is 2.36 bits per heavy atom. The predicted molar refractivity (Wildman–Crippen MR) is 131 cm³/mol. The molecule has 0 bridgehead atoms. The number of aromatic hydroxyl groups is 1. The van der Waals surface area contributed by atoms with E-state index in [2.05, 4.69) is 20.7 Å². The Morgan fingerprint density at radius 1 is 1.00 bits per heavy atom. The van der Waals surface area contributed by atoms with E-state index in [1.807, 2.05) is 66.9 Å². The minimum absolute atomic E-state index is 0.0970. The Balaban J connectivity index is 1.52. The maximum absolute atomic E-state index is 12.3. The number of amides is 1. The summed E-state index contributed by atoms with van der Waals surface area (Å²) in [7, 11) is 0. The van der Waals surface area contributed by atoms with Crippen LogP contribution in [0.5, 0.6) is 5.75 Å². The fourth-order valence-electron chi connectivity index (χ4n) is 3.11. The van der Waals surface area contributed by atoms with Crippen molar-refractivity contribution in [3.05, 3.63) is 89.5 Å². The first kappa shape index (κ1) is 22.3. The van der Waals surface area contributed by atoms with E-state index in [9.17, 15) is 9.90 Å². The number of benzene rings is 3. The van der Waals surface area contributed by atoms with Crippen molar-refractivity contribution in [3.63, 3.8) is 0 Å². The summed E-state index contributed by atoms with van der Waals surface area (Å²) in [6.07, 6.45) is 1.40. The van der Waals surface area contributed by atoms with Gasteiger partial charge in [0.15, 0.2) is 11.0 Å². The zero-order valence-electron chi connectivity index (χ0n) is 18.3. The lowest BCUT2D eigenvalue weighted by Gasteiger charge is -2.11. The third-order valence-corrected chi connectivity index (χ3v) is 5.83. The molecule has 7 nitrogen and oxygen atoms in total. The highest BCUT2D eigenvalue weighted by Crippen LogP contribution is 2.28. The molecule has 1 aromatic heterocycles. The Kier molecular flexibility index (Phi) is 6.85. The zero-order chi connectivity index (χ0) is 23.2. The van der Waals surface area contributed by atoms with E-state index in [0.29, 0.717) is 16.5 Å². The number of aromatic nitrogens is 3. The van der Waals surface area contributed by atoms with Crippen LogP contribution in [0.2, 0.25) is 0 Å². The molecule has 0 aliphatic heterocycles. The summed E-state index contributed by atoms with van der Waals surface area (Å²) in [6.45, 7) is 4.07. The van der Waals surface area contributed by atoms with Gasteiger partial charge in [0, 0.05) is 16.8 Å². The molecule has 0 fully saturated rings. The lowest BCUT2D eigenvalue weighted by Crippen LogP contribution is -2.20. The number of aryl methyl sites for hydroxylation is 2. The third kappa shape index (κ3) is 5.48. The van der Waals surface area contributed by atoms with Crippen LogP contribution >= 0.6 is 11.8 Å². The number of rotatable bonds is 7. The molecule has 0 radical (unpaired) electrons. The Labute approximate surface area is 196 Å². The van der Waals surface area contributed by atoms with Crippen LogP contribution in [-0.2, 0) is 4.79 Å². The number of hydrogen-bond acceptors (Lipinski definition) is 6. The Hall–Kier alpha value is -3.91. The molecule has 4 rings (SSSR count). The van der Waals surface area contributed by atoms with Gasteiger partial charge in [0.2, 0.25) is 0 Å². The molecule has 0 saturated carbocycles. The lowest BCUT2D eigenvalue weighted by molar-refractivity contribution is -0.118. The van der Waals surface area contributed by atoms with Crippen molar-refractivity contribution < 1.29 is 9.90 Å². The van der Waals surface area contributed by atoms with Gasteiger partial charge in [-0.15, -0.1) is 10.2 Å². The van der Waals surface area contributed by atoms with E-state index in [0.717, 1.165) is 22.4 Å². The van der Waals surface area contributed by atoms with Crippen molar-refractivity contribution >= 4 is 23.9 Å². The topological polar surface area (TPSA) is 92.4 Å². The van der Waals surface area contributed by atoms with Crippen LogP contribution in [0, 0.1) is 13.8 Å². The number of phenols is 1. The van der Waals surface area contributed by atoms with Gasteiger partial charge in [-0.05, 0) is 38.1 Å². The summed E-state index contributed by atoms with van der Waals surface area (Å²) in [5.41, 5.74) is 7.18. The fourth-order valence-corrected chi connectivity index (χ4v) is 3.86. The van der Waals surface area contributed by atoms with Gasteiger partial charge in [-0.3, -0.25) is 9.36 Å². The SMILES string of the molecule is Cc1ccc(-c2nnc(SCC(=O)N/N=C\c3ccccc3O)n2-c2ccc(C)cc2)cc1. The van der Waals surface area contributed by atoms with Crippen LogP contribution in [0.3, 0.4) is 0 Å². The van der Waals surface area contributed by atoms with E-state index < -0.39 is 0 Å². The summed E-state index contributed by atoms with van der Waals surface area (Å²) in [6, 6.07) is 22.9. The average Bonchev–Trinajstić information content (AvgIpc) is 3.24. The Morgan fingerprint density at radius 2 is 1.67 bits per heavy atom. The third-order valence-electron chi connectivity index (χ3n) is 4.90. The highest BCUT2D eigenvalue weighted by molar-refractivity contribution is 7.99. The molecule has 0 unspecified atom stereocenters. The summed E-state index contributed by atoms with van der Waals surface area (Å²) in [4.78, 5) is 12.3. The predicted octanol–water partition coefficient (Wildman–Crippen LogP) is 4.50. The van der Waals surface area contributed by atoms with Crippen molar-refractivity contribution in [2.75, 3.05) is 5.75 Å². The van der Waals surface area contributed by atoms with Crippen LogP contribution in [0.15, 0.2) is 83.1 Å². The van der Waals surface area contributed by atoms with Crippen molar-refractivity contribution in [2.45, 2.75) is 19.0 Å². The number of carbonyl (C=O) groups excluding carboxylic acids is 1. The molecule has 4 aromatic rings. The highest BCUT2D eigenvalue weighted by Gasteiger charge is 2.17. The molecule has 0 aliphatic rings. The molecule has 0 aliphatic carbocycles. The van der Waals surface area contributed by atoms with Gasteiger partial charge in [-0.25, -0.2) is 5.43 Å². The summed E-state index contributed by atoms with van der Waals surface area (Å²) < 4.78 is 1.95. The van der Waals surface area contributed by atoms with Crippen molar-refractivity contribution in [3.8, 4) is 22.8 Å². The van der Waals surface area contributed by atoms with Gasteiger partial charge in [0.1, 0.15) is 5.75 Å². The number of hydrazone groups is 1. The van der Waals surface area contributed by atoms with Gasteiger partial charge in [0.25, 0.3) is 5.91 Å². The monoisotopic (exact) mass is 457 g/mol. The second-order valence-corrected chi connectivity index (χ2v) is 8.43. The first-order valence-corrected chi connectivity index (χ1v) is 11.3. The number of thioether (sulfide) groups is 1. The van der Waals surface area contributed by atoms with E-state index in [1.165, 1.54) is 18.0 Å². The quantitative estimate of drug-likeness (QED) is 0.242. The van der Waals surface area contributed by atoms with Crippen molar-refractivity contribution in [2.24, 2.45) is 5.10 Å². The molecule has 0 saturated heterocycles. The van der Waals surface area contributed by atoms with Gasteiger partial charge in [0.05, 0.1) is 12.0 Å². The second kappa shape index (κ2) is 10.1. The minimum Gasteiger partial charge on any atom is -0.507 e. The van der Waals surface area contributed by atoms with Gasteiger partial charge >= 0.3 is 0 Å². The number of nitrogens with zero attached hydrogens (tertiary/aromatic N) is 4. The van der Waals surface area contributed by atoms with Crippen LogP contribution in [-0.4, -0.2) is 37.7 Å². The van der Waals surface area contributed by atoms with Crippen molar-refractivity contribution in [1.82, 2.24) is 20.2 Å². The molecule has 33 heavy (non-hydrogen) atoms. The lowest BCUT2D eigenvalue weighted by atomic mass is 10.1. The smallest absolute Gasteiger partial charge is 0.250 e. The molecule has 2 N–H and O–H groups in total. The van der Waals surface area contributed by atoms with Crippen LogP contribution in [0.4, 0.5) is 0 Å². The van der Waals surface area contributed by atoms with Crippen LogP contribution < -0.4 is 5.43 Å². The number of hydrogen-bond donors (Lipinski definition) is 2. The standard InChI is InChI=1S/C25H23N5O2S/c1-17-7-11-19(12-8-17)24-28-29-25(30(24)21-13-9-18(2)10-14-21)33-16-23(32)27-26-15-20-5-3-4-6-22(20)31/h3-15,31H,16H2,1-2H3,(H,27,32)/b26-15-. The zero-order valence-corrected chi connectivity index (χ0v) is 19.1. The molecular formula is C25H23N5O2S. The van der Waals surface area contributed by atoms with Gasteiger partial charge in [-0.1, -0.05) is 71.4 Å². The maximum Gasteiger partial charge on any atom is 0.250 e. The molecule has 0 spiro atoms. The first-order valence-electron chi connectivity index (χ1n) is 10.3. The largest absolute Gasteiger partial charge is 0.507 e. The van der Waals surface area contributed by atoms with E-state index in [4.69, 9.17) is 0 Å². The normalized spacial score (nSPS) is 11.1. The van der Waals surface area contributed by atoms with E-state index in [-0.39, 0.29) is 17.4 Å². The number of nitrogens with one attached hydrogen (secondary N) is 1. The molecule has 3 aromatic carbocycles. The molecule has 0 atom stereocenters. The van der Waals surface area contributed by atoms with E-state index in [1.54, 1.807) is 24.3 Å². The van der Waals surface area contributed by atoms with Crippen LogP contribution in [0.25, 0.3) is 17.1 Å². The Bertz CT molecular complexity index is 1280. The second-order valence-electron chi connectivity index (χ2n) is 7.48. The number of carbonyl (C=O) groups is 1. The first-order chi connectivity index (χ1) is 16.0. The van der Waals surface area contributed by atoms with Crippen molar-refractivity contribution in [1.29, 1.82) is 0 Å². The summed E-state index contributed by atoms with van der Waals surface area (Å²) in [5, 5.41) is 23.1. The molecule has 1 amide bonds. The fraction of sp³-hybridized carbons (Fsp3) is 0.120. The maximum atomic E-state index is 12.3. The molecule has 1 heterocycles. The minimum atomic E-state index is -0.290. The average molecular weight is 458 g/mol. The van der Waals surface area contributed by atoms with Gasteiger partial charge < -0.3 is 5.11 Å². The number of para-hydroxylation sites is 1. The highest BCUT2D eigenvalue weighted by atomic mass is 32.2. The van der Waals surface area contributed by atoms with Crippen LogP contribution in [0.1, 0.15) is 16.7 Å². The molecule has 8 heteroatoms. The van der Waals surface area contributed by atoms with E-state index >= 15 is 0 Å². The summed E-state index contributed by atoms with van der Waals surface area (Å²) >= 11 is 1.28. The summed E-state index contributed by atoms with van der Waals surface area (Å²) in [5.74, 6) is 0.622. The number of phenolic OH excluding ortho intramolecular Hbond substituents is 1. The molecule has 166 valence electrons. The van der Waals surface area contributed by atoms with Gasteiger partial charge in [-0.2, -0.15) is 5.10 Å².